The molecule has 0 aliphatic rings. The molecule has 274 valence electrons. The van der Waals surface area contributed by atoms with E-state index in [-0.39, 0.29) is 0 Å². The third kappa shape index (κ3) is 5.93. The van der Waals surface area contributed by atoms with Crippen LogP contribution in [0, 0.1) is 13.8 Å². The summed E-state index contributed by atoms with van der Waals surface area (Å²) in [6, 6.07) is 59.3. The third-order valence-corrected chi connectivity index (χ3v) is 10.7. The third-order valence-electron chi connectivity index (χ3n) is 10.7. The van der Waals surface area contributed by atoms with Gasteiger partial charge in [-0.05, 0) is 114 Å². The monoisotopic (exact) mass is 729 g/mol. The number of nitrogens with zero attached hydrogens (tertiary/aromatic N) is 3. The van der Waals surface area contributed by atoms with Crippen molar-refractivity contribution in [3.63, 3.8) is 0 Å². The molecule has 1 aromatic heterocycles. The summed E-state index contributed by atoms with van der Waals surface area (Å²) in [5.74, 6) is 1.42. The molecule has 0 saturated heterocycles. The molecule has 5 heteroatoms. The number of fused-ring (bicyclic) bond motifs is 6. The number of carbonyl (C=O) groups excluding carboxylic acids is 1. The van der Waals surface area contributed by atoms with Crippen LogP contribution in [0.25, 0.3) is 43.1 Å². The van der Waals surface area contributed by atoms with Crippen LogP contribution in [0.5, 0.6) is 0 Å². The van der Waals surface area contributed by atoms with Crippen LogP contribution in [0.4, 0.5) is 39.2 Å². The Balaban J connectivity index is 1.43. The molecule has 0 saturated carbocycles. The van der Waals surface area contributed by atoms with Crippen LogP contribution in [0.2, 0.25) is 0 Å². The molecule has 0 N–H and O–H groups in total. The number of carbonyl (C=O) groups is 1. The molecule has 0 amide bonds. The molecular formula is C51H43N3O2. The number of benzene rings is 8. The van der Waals surface area contributed by atoms with Gasteiger partial charge in [-0.3, -0.25) is 9.80 Å². The second kappa shape index (κ2) is 13.8. The van der Waals surface area contributed by atoms with Gasteiger partial charge in [0.1, 0.15) is 17.2 Å². The number of hydrogen-bond acceptors (Lipinski definition) is 4. The molecule has 0 atom stereocenters. The van der Waals surface area contributed by atoms with Gasteiger partial charge >= 0.3 is 6.09 Å². The molecule has 9 rings (SSSR count). The van der Waals surface area contributed by atoms with E-state index < -0.39 is 11.7 Å². The number of para-hydroxylation sites is 2. The highest BCUT2D eigenvalue weighted by atomic mass is 16.6. The molecule has 0 radical (unpaired) electrons. The predicted octanol–water partition coefficient (Wildman–Crippen LogP) is 14.4. The fourth-order valence-corrected chi connectivity index (χ4v) is 8.13. The van der Waals surface area contributed by atoms with E-state index in [1.54, 1.807) is 0 Å². The summed E-state index contributed by atoms with van der Waals surface area (Å²) in [6.07, 6.45) is -0.462. The maximum Gasteiger partial charge on any atom is 0.421 e. The maximum atomic E-state index is 15.2. The Kier molecular flexibility index (Phi) is 8.58. The van der Waals surface area contributed by atoms with Gasteiger partial charge < -0.3 is 4.74 Å². The largest absolute Gasteiger partial charge is 0.443 e. The Morgan fingerprint density at radius 3 is 1.20 bits per heavy atom. The highest BCUT2D eigenvalue weighted by molar-refractivity contribution is 6.16. The summed E-state index contributed by atoms with van der Waals surface area (Å²) in [5, 5.41) is 9.00. The van der Waals surface area contributed by atoms with Gasteiger partial charge in [-0.15, -0.1) is 0 Å². The lowest BCUT2D eigenvalue weighted by molar-refractivity contribution is 0.0543. The van der Waals surface area contributed by atoms with E-state index in [2.05, 4.69) is 157 Å². The molecule has 0 unspecified atom stereocenters. The first kappa shape index (κ1) is 34.9. The smallest absolute Gasteiger partial charge is 0.421 e. The molecule has 9 aromatic rings. The Morgan fingerprint density at radius 2 is 0.804 bits per heavy atom. The standard InChI is InChI=1S/C51H43N3O2/c1-34-35(2)49(53(39-24-10-7-11-25-39)47-33-37-21-13-15-27-41(37)43-29-17-19-31-45(43)47)54(50(55)56-51(3,4)5)48(34)52(38-22-8-6-9-23-38)46-32-36-20-12-14-26-40(36)42-28-16-18-30-44(42)46/h6-33H,1-5H3. The number of aromatic nitrogens is 1. The Hall–Kier alpha value is -6.85. The first-order chi connectivity index (χ1) is 27.2. The van der Waals surface area contributed by atoms with Gasteiger partial charge in [-0.2, -0.15) is 0 Å². The van der Waals surface area contributed by atoms with Gasteiger partial charge in [0, 0.05) is 22.1 Å². The van der Waals surface area contributed by atoms with E-state index in [0.717, 1.165) is 66.2 Å². The summed E-state index contributed by atoms with van der Waals surface area (Å²) in [4.78, 5) is 19.7. The van der Waals surface area contributed by atoms with Crippen molar-refractivity contribution in [2.24, 2.45) is 0 Å². The molecule has 56 heavy (non-hydrogen) atoms. The zero-order valence-electron chi connectivity index (χ0n) is 32.3. The lowest BCUT2D eigenvalue weighted by Gasteiger charge is -2.32. The van der Waals surface area contributed by atoms with E-state index in [1.165, 1.54) is 10.8 Å². The van der Waals surface area contributed by atoms with Crippen molar-refractivity contribution in [2.75, 3.05) is 9.80 Å². The van der Waals surface area contributed by atoms with Crippen molar-refractivity contribution in [3.8, 4) is 0 Å². The van der Waals surface area contributed by atoms with Gasteiger partial charge in [0.25, 0.3) is 0 Å². The van der Waals surface area contributed by atoms with E-state index >= 15 is 4.79 Å². The van der Waals surface area contributed by atoms with Crippen molar-refractivity contribution in [3.05, 3.63) is 181 Å². The summed E-state index contributed by atoms with van der Waals surface area (Å²) in [6.45, 7) is 10.0. The van der Waals surface area contributed by atoms with Crippen LogP contribution in [0.1, 0.15) is 31.9 Å². The SMILES string of the molecule is Cc1c(C)c(N(c2ccccc2)c2cc3ccccc3c3ccccc23)n(C(=O)OC(C)(C)C)c1N(c1ccccc1)c1cc2ccccc2c2ccccc12. The molecule has 0 bridgehead atoms. The second-order valence-corrected chi connectivity index (χ2v) is 15.4. The lowest BCUT2D eigenvalue weighted by Crippen LogP contribution is -2.31. The van der Waals surface area contributed by atoms with Crippen LogP contribution in [-0.2, 0) is 4.74 Å². The van der Waals surface area contributed by atoms with Gasteiger partial charge in [0.05, 0.1) is 11.4 Å². The zero-order chi connectivity index (χ0) is 38.6. The number of anilines is 6. The number of hydrogen-bond donors (Lipinski definition) is 0. The van der Waals surface area contributed by atoms with Crippen molar-refractivity contribution in [1.82, 2.24) is 4.57 Å². The first-order valence-corrected chi connectivity index (χ1v) is 19.2. The topological polar surface area (TPSA) is 37.7 Å². The molecule has 0 aliphatic carbocycles. The zero-order valence-corrected chi connectivity index (χ0v) is 32.3. The Bertz CT molecular complexity index is 2740. The average Bonchev–Trinajstić information content (AvgIpc) is 3.47. The Morgan fingerprint density at radius 1 is 0.464 bits per heavy atom. The molecule has 8 aromatic carbocycles. The highest BCUT2D eigenvalue weighted by Gasteiger charge is 2.35. The summed E-state index contributed by atoms with van der Waals surface area (Å²) in [5.41, 5.74) is 4.92. The van der Waals surface area contributed by atoms with Crippen LogP contribution >= 0.6 is 0 Å². The van der Waals surface area contributed by atoms with E-state index in [4.69, 9.17) is 4.74 Å². The summed E-state index contributed by atoms with van der Waals surface area (Å²) in [7, 11) is 0. The minimum Gasteiger partial charge on any atom is -0.443 e. The van der Waals surface area contributed by atoms with Gasteiger partial charge in [0.2, 0.25) is 0 Å². The maximum absolute atomic E-state index is 15.2. The molecule has 0 aliphatic heterocycles. The minimum absolute atomic E-state index is 0.462. The molecule has 1 heterocycles. The predicted molar refractivity (Wildman–Crippen MR) is 235 cm³/mol. The van der Waals surface area contributed by atoms with Crippen molar-refractivity contribution >= 4 is 83.6 Å². The molecule has 0 fully saturated rings. The average molecular weight is 730 g/mol. The van der Waals surface area contributed by atoms with Gasteiger partial charge in [-0.1, -0.05) is 133 Å². The molecular weight excluding hydrogens is 687 g/mol. The van der Waals surface area contributed by atoms with Crippen LogP contribution in [0.3, 0.4) is 0 Å². The van der Waals surface area contributed by atoms with Crippen molar-refractivity contribution in [1.29, 1.82) is 0 Å². The van der Waals surface area contributed by atoms with Crippen LogP contribution in [0.15, 0.2) is 170 Å². The quantitative estimate of drug-likeness (QED) is 0.160. The normalized spacial score (nSPS) is 11.7. The summed E-state index contributed by atoms with van der Waals surface area (Å²) >= 11 is 0. The minimum atomic E-state index is -0.766. The fourth-order valence-electron chi connectivity index (χ4n) is 8.13. The fraction of sp³-hybridized carbons (Fsp3) is 0.118. The first-order valence-electron chi connectivity index (χ1n) is 19.2. The number of ether oxygens (including phenoxy) is 1. The molecule has 0 spiro atoms. The lowest BCUT2D eigenvalue weighted by atomic mass is 9.99. The highest BCUT2D eigenvalue weighted by Crippen LogP contribution is 2.50. The van der Waals surface area contributed by atoms with Crippen molar-refractivity contribution in [2.45, 2.75) is 40.2 Å². The van der Waals surface area contributed by atoms with E-state index in [1.807, 2.05) is 61.7 Å². The van der Waals surface area contributed by atoms with Gasteiger partial charge in [0.15, 0.2) is 0 Å². The summed E-state index contributed by atoms with van der Waals surface area (Å²) < 4.78 is 8.21. The second-order valence-electron chi connectivity index (χ2n) is 15.4. The van der Waals surface area contributed by atoms with Crippen LogP contribution in [-0.4, -0.2) is 16.3 Å². The number of rotatable bonds is 6. The molecule has 5 nitrogen and oxygen atoms in total. The van der Waals surface area contributed by atoms with E-state index in [9.17, 15) is 0 Å². The van der Waals surface area contributed by atoms with Crippen LogP contribution < -0.4 is 9.80 Å². The van der Waals surface area contributed by atoms with E-state index in [0.29, 0.717) is 11.6 Å². The van der Waals surface area contributed by atoms with Gasteiger partial charge in [-0.25, -0.2) is 9.36 Å². The van der Waals surface area contributed by atoms with Crippen molar-refractivity contribution < 1.29 is 9.53 Å². The Labute approximate surface area is 327 Å².